The highest BCUT2D eigenvalue weighted by atomic mass is 35.5. The maximum atomic E-state index is 12.1. The second-order valence-electron chi connectivity index (χ2n) is 5.21. The van der Waals surface area contributed by atoms with E-state index in [2.05, 4.69) is 25.2 Å². The van der Waals surface area contributed by atoms with Crippen molar-refractivity contribution in [3.8, 4) is 5.75 Å². The molecule has 20 heavy (non-hydrogen) atoms. The van der Waals surface area contributed by atoms with E-state index in [1.165, 1.54) is 17.0 Å². The third-order valence-corrected chi connectivity index (χ3v) is 4.55. The second-order valence-corrected chi connectivity index (χ2v) is 6.59. The molecule has 0 radical (unpaired) electrons. The number of amides is 1. The van der Waals surface area contributed by atoms with Gasteiger partial charge in [0.25, 0.3) is 5.91 Å². The Hall–Kier alpha value is -1.52. The number of benzene rings is 1. The molecule has 1 heterocycles. The average molecular weight is 310 g/mol. The van der Waals surface area contributed by atoms with Crippen LogP contribution in [0.25, 0.3) is 0 Å². The van der Waals surface area contributed by atoms with Gasteiger partial charge in [-0.2, -0.15) is 0 Å². The first-order valence-electron chi connectivity index (χ1n) is 6.21. The second kappa shape index (κ2) is 5.85. The number of carbonyl (C=O) groups is 1. The summed E-state index contributed by atoms with van der Waals surface area (Å²) in [6.45, 7) is 4.63. The average Bonchev–Trinajstić information content (AvgIpc) is 2.90. The number of rotatable bonds is 4. The number of nitrogens with one attached hydrogen (secondary N) is 1. The van der Waals surface area contributed by atoms with Gasteiger partial charge in [0.1, 0.15) is 5.75 Å². The van der Waals surface area contributed by atoms with Gasteiger partial charge in [-0.1, -0.05) is 31.5 Å². The first kappa shape index (κ1) is 14.9. The van der Waals surface area contributed by atoms with Crippen LogP contribution in [0.1, 0.15) is 29.1 Å². The van der Waals surface area contributed by atoms with Gasteiger partial charge < -0.3 is 10.4 Å². The molecule has 0 fully saturated rings. The fourth-order valence-electron chi connectivity index (χ4n) is 1.84. The van der Waals surface area contributed by atoms with Crippen LogP contribution >= 0.6 is 22.9 Å². The molecule has 0 spiro atoms. The van der Waals surface area contributed by atoms with E-state index in [0.29, 0.717) is 11.6 Å². The van der Waals surface area contributed by atoms with Crippen molar-refractivity contribution in [1.82, 2.24) is 5.32 Å². The van der Waals surface area contributed by atoms with Crippen molar-refractivity contribution < 1.29 is 9.90 Å². The van der Waals surface area contributed by atoms with Crippen molar-refractivity contribution in [3.63, 3.8) is 0 Å². The smallest absolute Gasteiger partial charge is 0.255 e. The summed E-state index contributed by atoms with van der Waals surface area (Å²) in [7, 11) is 0. The van der Waals surface area contributed by atoms with Gasteiger partial charge >= 0.3 is 0 Å². The molecule has 0 aliphatic carbocycles. The van der Waals surface area contributed by atoms with Crippen LogP contribution in [0.15, 0.2) is 35.7 Å². The molecule has 3 nitrogen and oxygen atoms in total. The highest BCUT2D eigenvalue weighted by Gasteiger charge is 2.23. The lowest BCUT2D eigenvalue weighted by Crippen LogP contribution is -2.36. The molecule has 1 amide bonds. The molecule has 0 saturated heterocycles. The number of halogens is 1. The highest BCUT2D eigenvalue weighted by Crippen LogP contribution is 2.27. The quantitative estimate of drug-likeness (QED) is 0.902. The lowest BCUT2D eigenvalue weighted by atomic mass is 9.91. The summed E-state index contributed by atoms with van der Waals surface area (Å²) >= 11 is 7.41. The van der Waals surface area contributed by atoms with Crippen LogP contribution in [-0.2, 0) is 5.41 Å². The summed E-state index contributed by atoms with van der Waals surface area (Å²) in [6, 6.07) is 8.51. The molecule has 1 aromatic heterocycles. The Bertz CT molecular complexity index is 608. The molecule has 1 aromatic carbocycles. The van der Waals surface area contributed by atoms with Crippen LogP contribution in [0, 0.1) is 0 Å². The molecule has 2 aromatic rings. The minimum atomic E-state index is -0.302. The fraction of sp³-hybridized carbons (Fsp3) is 0.267. The van der Waals surface area contributed by atoms with Crippen molar-refractivity contribution in [2.75, 3.05) is 6.54 Å². The molecule has 0 aliphatic rings. The molecule has 0 bridgehead atoms. The lowest BCUT2D eigenvalue weighted by Gasteiger charge is -2.23. The summed E-state index contributed by atoms with van der Waals surface area (Å²) in [4.78, 5) is 13.3. The molecular weight excluding hydrogens is 294 g/mol. The van der Waals surface area contributed by atoms with Gasteiger partial charge in [-0.05, 0) is 29.6 Å². The zero-order valence-electron chi connectivity index (χ0n) is 11.3. The number of hydrogen-bond donors (Lipinski definition) is 2. The van der Waals surface area contributed by atoms with Crippen LogP contribution in [0.2, 0.25) is 5.02 Å². The van der Waals surface area contributed by atoms with E-state index >= 15 is 0 Å². The van der Waals surface area contributed by atoms with Crippen molar-refractivity contribution in [3.05, 3.63) is 51.2 Å². The van der Waals surface area contributed by atoms with E-state index in [-0.39, 0.29) is 22.6 Å². The Kier molecular flexibility index (Phi) is 4.35. The third kappa shape index (κ3) is 3.32. The highest BCUT2D eigenvalue weighted by molar-refractivity contribution is 7.10. The predicted octanol–water partition coefficient (Wildman–Crippen LogP) is 3.81. The number of phenolic OH excluding ortho intramolecular Hbond substituents is 1. The van der Waals surface area contributed by atoms with Crippen LogP contribution in [-0.4, -0.2) is 17.6 Å². The summed E-state index contributed by atoms with van der Waals surface area (Å²) < 4.78 is 0. The zero-order chi connectivity index (χ0) is 14.8. The molecule has 0 atom stereocenters. The summed E-state index contributed by atoms with van der Waals surface area (Å²) in [5.41, 5.74) is 0.0858. The standard InChI is InChI=1S/C15H16ClNO2S/c1-15(2,13-4-3-7-20-13)9-17-14(19)11-6-5-10(16)8-12(11)18/h3-8,18H,9H2,1-2H3,(H,17,19). The van der Waals surface area contributed by atoms with Gasteiger partial charge in [0.05, 0.1) is 5.56 Å². The summed E-state index contributed by atoms with van der Waals surface area (Å²) in [6.07, 6.45) is 0. The molecule has 2 N–H and O–H groups in total. The van der Waals surface area contributed by atoms with Crippen LogP contribution < -0.4 is 5.32 Å². The Morgan fingerprint density at radius 1 is 1.40 bits per heavy atom. The molecule has 0 unspecified atom stereocenters. The van der Waals surface area contributed by atoms with E-state index in [1.807, 2.05) is 11.4 Å². The van der Waals surface area contributed by atoms with E-state index in [0.717, 1.165) is 0 Å². The Labute approximate surface area is 127 Å². The van der Waals surface area contributed by atoms with Crippen molar-refractivity contribution in [2.24, 2.45) is 0 Å². The molecule has 2 rings (SSSR count). The third-order valence-electron chi connectivity index (χ3n) is 3.08. The van der Waals surface area contributed by atoms with Crippen LogP contribution in [0.4, 0.5) is 0 Å². The number of aromatic hydroxyl groups is 1. The van der Waals surface area contributed by atoms with Crippen LogP contribution in [0.5, 0.6) is 5.75 Å². The number of thiophene rings is 1. The van der Waals surface area contributed by atoms with Gasteiger partial charge in [0, 0.05) is 21.9 Å². The molecule has 5 heteroatoms. The van der Waals surface area contributed by atoms with Gasteiger partial charge in [0.2, 0.25) is 0 Å². The van der Waals surface area contributed by atoms with E-state index in [9.17, 15) is 9.90 Å². The lowest BCUT2D eigenvalue weighted by molar-refractivity contribution is 0.0943. The predicted molar refractivity (Wildman–Crippen MR) is 82.8 cm³/mol. The van der Waals surface area contributed by atoms with Gasteiger partial charge in [-0.3, -0.25) is 4.79 Å². The number of phenols is 1. The van der Waals surface area contributed by atoms with Gasteiger partial charge in [-0.25, -0.2) is 0 Å². The topological polar surface area (TPSA) is 49.3 Å². The minimum absolute atomic E-state index is 0.107. The summed E-state index contributed by atoms with van der Waals surface area (Å²) in [5, 5.41) is 15.0. The SMILES string of the molecule is CC(C)(CNC(=O)c1ccc(Cl)cc1O)c1cccs1. The van der Waals surface area contributed by atoms with Crippen molar-refractivity contribution in [2.45, 2.75) is 19.3 Å². The van der Waals surface area contributed by atoms with Gasteiger partial charge in [-0.15, -0.1) is 11.3 Å². The largest absolute Gasteiger partial charge is 0.507 e. The van der Waals surface area contributed by atoms with E-state index in [4.69, 9.17) is 11.6 Å². The van der Waals surface area contributed by atoms with Crippen molar-refractivity contribution >= 4 is 28.8 Å². The zero-order valence-corrected chi connectivity index (χ0v) is 12.9. The number of carbonyl (C=O) groups excluding carboxylic acids is 1. The Morgan fingerprint density at radius 2 is 2.15 bits per heavy atom. The van der Waals surface area contributed by atoms with E-state index in [1.54, 1.807) is 17.4 Å². The minimum Gasteiger partial charge on any atom is -0.507 e. The van der Waals surface area contributed by atoms with Crippen LogP contribution in [0.3, 0.4) is 0 Å². The van der Waals surface area contributed by atoms with Crippen molar-refractivity contribution in [1.29, 1.82) is 0 Å². The monoisotopic (exact) mass is 309 g/mol. The maximum Gasteiger partial charge on any atom is 0.255 e. The Balaban J connectivity index is 2.05. The molecular formula is C15H16ClNO2S. The summed E-state index contributed by atoms with van der Waals surface area (Å²) in [5.74, 6) is -0.410. The number of hydrogen-bond acceptors (Lipinski definition) is 3. The first-order valence-corrected chi connectivity index (χ1v) is 7.46. The molecule has 0 saturated carbocycles. The van der Waals surface area contributed by atoms with Gasteiger partial charge in [0.15, 0.2) is 0 Å². The maximum absolute atomic E-state index is 12.1. The normalized spacial score (nSPS) is 11.3. The first-order chi connectivity index (χ1) is 9.40. The molecule has 106 valence electrons. The fourth-order valence-corrected chi connectivity index (χ4v) is 2.86. The Morgan fingerprint density at radius 3 is 2.75 bits per heavy atom. The van der Waals surface area contributed by atoms with E-state index < -0.39 is 0 Å². The molecule has 0 aliphatic heterocycles.